The molecular weight excluding hydrogens is 382 g/mol. The molecule has 0 saturated carbocycles. The first-order valence-corrected chi connectivity index (χ1v) is 8.89. The summed E-state index contributed by atoms with van der Waals surface area (Å²) in [5.74, 6) is -0.0626. The fourth-order valence-electron chi connectivity index (χ4n) is 3.24. The number of amides is 1. The van der Waals surface area contributed by atoms with Gasteiger partial charge < -0.3 is 4.90 Å². The maximum atomic E-state index is 12.9. The van der Waals surface area contributed by atoms with E-state index in [2.05, 4.69) is 20.9 Å². The van der Waals surface area contributed by atoms with E-state index in [-0.39, 0.29) is 11.5 Å². The molecule has 0 atom stereocenters. The number of nitrogens with zero attached hydrogens (tertiary/aromatic N) is 3. The van der Waals surface area contributed by atoms with Crippen molar-refractivity contribution >= 4 is 27.5 Å². The van der Waals surface area contributed by atoms with Gasteiger partial charge in [0, 0.05) is 28.7 Å². The first kappa shape index (κ1) is 16.0. The number of halogens is 1. The largest absolute Gasteiger partial charge is 0.334 e. The minimum Gasteiger partial charge on any atom is -0.334 e. The van der Waals surface area contributed by atoms with Crippen molar-refractivity contribution < 1.29 is 4.79 Å². The van der Waals surface area contributed by atoms with Gasteiger partial charge in [0.25, 0.3) is 11.5 Å². The zero-order valence-corrected chi connectivity index (χ0v) is 15.3. The molecule has 0 aliphatic carbocycles. The van der Waals surface area contributed by atoms with Crippen molar-refractivity contribution in [3.8, 4) is 0 Å². The Hall–Kier alpha value is -2.47. The van der Waals surface area contributed by atoms with Gasteiger partial charge in [0.05, 0.1) is 17.8 Å². The van der Waals surface area contributed by atoms with Crippen LogP contribution in [0.2, 0.25) is 0 Å². The Kier molecular flexibility index (Phi) is 3.92. The lowest BCUT2D eigenvalue weighted by atomic mass is 10.1. The normalized spacial score (nSPS) is 13.8. The van der Waals surface area contributed by atoms with Crippen molar-refractivity contribution in [1.82, 2.24) is 14.3 Å². The SMILES string of the molecule is Cc1cccc2nc3c(c(=O)n12)CN(C(=O)c1ccc(Br)cc1)CC3. The molecule has 0 unspecified atom stereocenters. The molecule has 0 N–H and O–H groups in total. The molecule has 1 aromatic carbocycles. The van der Waals surface area contributed by atoms with Crippen molar-refractivity contribution in [2.75, 3.05) is 6.54 Å². The molecule has 1 aliphatic heterocycles. The van der Waals surface area contributed by atoms with Crippen LogP contribution in [0.1, 0.15) is 27.3 Å². The molecule has 2 aromatic heterocycles. The molecule has 0 spiro atoms. The number of hydrogen-bond acceptors (Lipinski definition) is 3. The second-order valence-corrected chi connectivity index (χ2v) is 7.10. The molecule has 3 aromatic rings. The molecule has 1 aliphatic rings. The minimum absolute atomic E-state index is 0.0626. The molecule has 5 nitrogen and oxygen atoms in total. The molecule has 126 valence electrons. The Morgan fingerprint density at radius 3 is 2.68 bits per heavy atom. The van der Waals surface area contributed by atoms with E-state index in [1.165, 1.54) is 0 Å². The number of aromatic nitrogens is 2. The van der Waals surface area contributed by atoms with Gasteiger partial charge in [0.2, 0.25) is 0 Å². The van der Waals surface area contributed by atoms with Gasteiger partial charge in [-0.15, -0.1) is 0 Å². The summed E-state index contributed by atoms with van der Waals surface area (Å²) in [6, 6.07) is 12.9. The lowest BCUT2D eigenvalue weighted by Gasteiger charge is -2.28. The quantitative estimate of drug-likeness (QED) is 0.634. The lowest BCUT2D eigenvalue weighted by molar-refractivity contribution is 0.0732. The van der Waals surface area contributed by atoms with Crippen LogP contribution in [0, 0.1) is 6.92 Å². The van der Waals surface area contributed by atoms with E-state index in [1.807, 2.05) is 37.3 Å². The number of rotatable bonds is 1. The average Bonchev–Trinajstić information content (AvgIpc) is 2.62. The van der Waals surface area contributed by atoms with Gasteiger partial charge in [-0.3, -0.25) is 14.0 Å². The number of fused-ring (bicyclic) bond motifs is 2. The summed E-state index contributed by atoms with van der Waals surface area (Å²) < 4.78 is 2.55. The number of hydrogen-bond donors (Lipinski definition) is 0. The molecular formula is C19H16BrN3O2. The van der Waals surface area contributed by atoms with Crippen LogP contribution in [-0.4, -0.2) is 26.7 Å². The van der Waals surface area contributed by atoms with Crippen molar-refractivity contribution in [2.45, 2.75) is 19.9 Å². The number of carbonyl (C=O) groups is 1. The topological polar surface area (TPSA) is 54.7 Å². The molecule has 0 bridgehead atoms. The van der Waals surface area contributed by atoms with Gasteiger partial charge >= 0.3 is 0 Å². The standard InChI is InChI=1S/C19H16BrN3O2/c1-12-3-2-4-17-21-16-9-10-22(11-15(16)19(25)23(12)17)18(24)13-5-7-14(20)8-6-13/h2-8H,9-11H2,1H3. The zero-order chi connectivity index (χ0) is 17.6. The Morgan fingerprint density at radius 2 is 1.92 bits per heavy atom. The highest BCUT2D eigenvalue weighted by molar-refractivity contribution is 9.10. The van der Waals surface area contributed by atoms with E-state index in [0.29, 0.717) is 36.3 Å². The summed E-state index contributed by atoms with van der Waals surface area (Å²) in [6.07, 6.45) is 0.595. The smallest absolute Gasteiger partial charge is 0.263 e. The van der Waals surface area contributed by atoms with Crippen molar-refractivity contribution in [3.63, 3.8) is 0 Å². The van der Waals surface area contributed by atoms with Crippen LogP contribution in [-0.2, 0) is 13.0 Å². The number of carbonyl (C=O) groups excluding carboxylic acids is 1. The predicted octanol–water partition coefficient (Wildman–Crippen LogP) is 2.96. The van der Waals surface area contributed by atoms with E-state index in [0.717, 1.165) is 15.9 Å². The molecule has 0 saturated heterocycles. The van der Waals surface area contributed by atoms with Gasteiger partial charge in [0.15, 0.2) is 0 Å². The maximum Gasteiger partial charge on any atom is 0.263 e. The maximum absolute atomic E-state index is 12.9. The zero-order valence-electron chi connectivity index (χ0n) is 13.7. The van der Waals surface area contributed by atoms with Crippen LogP contribution in [0.5, 0.6) is 0 Å². The number of benzene rings is 1. The van der Waals surface area contributed by atoms with Gasteiger partial charge in [-0.1, -0.05) is 22.0 Å². The molecule has 0 fully saturated rings. The molecule has 3 heterocycles. The fraction of sp³-hybridized carbons (Fsp3) is 0.211. The second-order valence-electron chi connectivity index (χ2n) is 6.19. The van der Waals surface area contributed by atoms with Crippen LogP contribution in [0.3, 0.4) is 0 Å². The van der Waals surface area contributed by atoms with Crippen molar-refractivity contribution in [3.05, 3.63) is 79.8 Å². The summed E-state index contributed by atoms with van der Waals surface area (Å²) in [7, 11) is 0. The van der Waals surface area contributed by atoms with E-state index in [1.54, 1.807) is 21.4 Å². The number of pyridine rings is 1. The Labute approximate surface area is 153 Å². The van der Waals surface area contributed by atoms with E-state index in [4.69, 9.17) is 0 Å². The first-order chi connectivity index (χ1) is 12.0. The van der Waals surface area contributed by atoms with Crippen molar-refractivity contribution in [2.24, 2.45) is 0 Å². The number of aryl methyl sites for hydroxylation is 1. The van der Waals surface area contributed by atoms with Crippen molar-refractivity contribution in [1.29, 1.82) is 0 Å². The molecule has 25 heavy (non-hydrogen) atoms. The predicted molar refractivity (Wildman–Crippen MR) is 98.8 cm³/mol. The summed E-state index contributed by atoms with van der Waals surface area (Å²) >= 11 is 3.37. The minimum atomic E-state index is -0.0774. The molecule has 6 heteroatoms. The lowest BCUT2D eigenvalue weighted by Crippen LogP contribution is -2.40. The average molecular weight is 398 g/mol. The van der Waals surface area contributed by atoms with Crippen LogP contribution in [0.4, 0.5) is 0 Å². The van der Waals surface area contributed by atoms with Gasteiger partial charge in [0.1, 0.15) is 5.65 Å². The molecule has 4 rings (SSSR count). The first-order valence-electron chi connectivity index (χ1n) is 8.09. The third kappa shape index (κ3) is 2.76. The van der Waals surface area contributed by atoms with E-state index >= 15 is 0 Å². The molecule has 0 radical (unpaired) electrons. The molecule has 1 amide bonds. The Balaban J connectivity index is 1.73. The summed E-state index contributed by atoms with van der Waals surface area (Å²) in [5.41, 5.74) is 3.47. The monoisotopic (exact) mass is 397 g/mol. The summed E-state index contributed by atoms with van der Waals surface area (Å²) in [4.78, 5) is 32.0. The van der Waals surface area contributed by atoms with Gasteiger partial charge in [-0.2, -0.15) is 0 Å². The third-order valence-corrected chi connectivity index (χ3v) is 5.10. The van der Waals surface area contributed by atoms with Crippen LogP contribution in [0.25, 0.3) is 5.65 Å². The Morgan fingerprint density at radius 1 is 1.16 bits per heavy atom. The van der Waals surface area contributed by atoms with Gasteiger partial charge in [-0.05, 0) is 43.3 Å². The van der Waals surface area contributed by atoms with Crippen LogP contribution in [0.15, 0.2) is 51.7 Å². The third-order valence-electron chi connectivity index (χ3n) is 4.57. The summed E-state index contributed by atoms with van der Waals surface area (Å²) in [6.45, 7) is 2.75. The van der Waals surface area contributed by atoms with Crippen LogP contribution < -0.4 is 5.56 Å². The van der Waals surface area contributed by atoms with Gasteiger partial charge in [-0.25, -0.2) is 4.98 Å². The fourth-order valence-corrected chi connectivity index (χ4v) is 3.51. The highest BCUT2D eigenvalue weighted by Gasteiger charge is 2.25. The van der Waals surface area contributed by atoms with E-state index in [9.17, 15) is 9.59 Å². The highest BCUT2D eigenvalue weighted by Crippen LogP contribution is 2.19. The summed E-state index contributed by atoms with van der Waals surface area (Å²) in [5, 5.41) is 0. The van der Waals surface area contributed by atoms with E-state index < -0.39 is 0 Å². The highest BCUT2D eigenvalue weighted by atomic mass is 79.9. The van der Waals surface area contributed by atoms with Crippen LogP contribution >= 0.6 is 15.9 Å². The second kappa shape index (κ2) is 6.11. The Bertz CT molecular complexity index is 1040.